The summed E-state index contributed by atoms with van der Waals surface area (Å²) in [5.74, 6) is 0.888. The Bertz CT molecular complexity index is 145. The zero-order valence-corrected chi connectivity index (χ0v) is 6.82. The maximum absolute atomic E-state index is 11.8. The van der Waals surface area contributed by atoms with Gasteiger partial charge in [0, 0.05) is 1.43 Å². The van der Waals surface area contributed by atoms with Gasteiger partial charge in [-0.3, -0.25) is 0 Å². The maximum atomic E-state index is 11.8. The molecule has 0 aromatic rings. The molecule has 0 spiro atoms. The first kappa shape index (κ1) is 11.6. The van der Waals surface area contributed by atoms with E-state index < -0.39 is 6.08 Å². The molecule has 0 heterocycles. The van der Waals surface area contributed by atoms with Crippen LogP contribution in [0.15, 0.2) is 12.2 Å². The molecule has 0 unspecified atom stereocenters. The van der Waals surface area contributed by atoms with Crippen LogP contribution >= 0.6 is 0 Å². The van der Waals surface area contributed by atoms with Gasteiger partial charge in [-0.15, -0.1) is 0 Å². The van der Waals surface area contributed by atoms with E-state index in [0.717, 1.165) is 37.7 Å². The highest BCUT2D eigenvalue weighted by molar-refractivity contribution is 4.90. The second-order valence-corrected chi connectivity index (χ2v) is 3.48. The third kappa shape index (κ3) is 3.84. The van der Waals surface area contributed by atoms with Crippen LogP contribution in [-0.2, 0) is 0 Å². The average Bonchev–Trinajstić information content (AvgIpc) is 1.93. The monoisotopic (exact) mass is 178 g/mol. The third-order valence-corrected chi connectivity index (χ3v) is 2.42. The predicted octanol–water partition coefficient (Wildman–Crippen LogP) is 4.48. The summed E-state index contributed by atoms with van der Waals surface area (Å²) < 4.78 is 23.6. The summed E-state index contributed by atoms with van der Waals surface area (Å²) in [6.07, 6.45) is 3.70. The van der Waals surface area contributed by atoms with Crippen molar-refractivity contribution in [3.8, 4) is 0 Å². The van der Waals surface area contributed by atoms with Crippen molar-refractivity contribution in [3.63, 3.8) is 0 Å². The van der Waals surface area contributed by atoms with E-state index in [0.29, 0.717) is 0 Å². The van der Waals surface area contributed by atoms with Gasteiger partial charge in [0.1, 0.15) is 0 Å². The summed E-state index contributed by atoms with van der Waals surface area (Å²) in [5.41, 5.74) is 0. The van der Waals surface area contributed by atoms with Crippen LogP contribution in [0.4, 0.5) is 8.78 Å². The highest BCUT2D eigenvalue weighted by Gasteiger charge is 2.16. The molecule has 0 N–H and O–H groups in total. The Labute approximate surface area is 75.1 Å². The molecule has 0 radical (unpaired) electrons. The molecule has 1 fully saturated rings. The first-order valence-electron chi connectivity index (χ1n) is 4.21. The van der Waals surface area contributed by atoms with Crippen molar-refractivity contribution in [2.24, 2.45) is 11.8 Å². The van der Waals surface area contributed by atoms with Gasteiger partial charge in [-0.1, -0.05) is 27.2 Å². The highest BCUT2D eigenvalue weighted by Crippen LogP contribution is 2.29. The van der Waals surface area contributed by atoms with Crippen molar-refractivity contribution >= 4 is 0 Å². The van der Waals surface area contributed by atoms with Gasteiger partial charge < -0.3 is 0 Å². The Hall–Kier alpha value is -0.400. The number of halogens is 2. The lowest BCUT2D eigenvalue weighted by Gasteiger charge is -2.23. The van der Waals surface area contributed by atoms with E-state index in [-0.39, 0.29) is 14.8 Å². The van der Waals surface area contributed by atoms with Crippen LogP contribution < -0.4 is 0 Å². The molecule has 0 aliphatic heterocycles. The SMILES string of the molecule is C.CC1CCC(C=C(F)F)CC1.[HH]. The normalized spacial score (nSPS) is 28.9. The predicted molar refractivity (Wildman–Crippen MR) is 50.3 cm³/mol. The fourth-order valence-corrected chi connectivity index (χ4v) is 1.63. The minimum atomic E-state index is -1.51. The summed E-state index contributed by atoms with van der Waals surface area (Å²) in [6.45, 7) is 2.19. The van der Waals surface area contributed by atoms with E-state index >= 15 is 0 Å². The van der Waals surface area contributed by atoms with Crippen molar-refractivity contribution < 1.29 is 10.2 Å². The average molecular weight is 178 g/mol. The molecule has 1 rings (SSSR count). The molecule has 0 saturated heterocycles. The van der Waals surface area contributed by atoms with E-state index in [2.05, 4.69) is 6.92 Å². The molecule has 1 aliphatic carbocycles. The van der Waals surface area contributed by atoms with Crippen molar-refractivity contribution in [2.75, 3.05) is 0 Å². The first-order valence-corrected chi connectivity index (χ1v) is 4.21. The van der Waals surface area contributed by atoms with Crippen LogP contribution in [0.1, 0.15) is 41.5 Å². The van der Waals surface area contributed by atoms with Crippen molar-refractivity contribution in [3.05, 3.63) is 12.2 Å². The highest BCUT2D eigenvalue weighted by atomic mass is 19.3. The van der Waals surface area contributed by atoms with Crippen molar-refractivity contribution in [1.82, 2.24) is 0 Å². The number of hydrogen-bond acceptors (Lipinski definition) is 0. The Morgan fingerprint density at radius 1 is 1.25 bits per heavy atom. The summed E-state index contributed by atoms with van der Waals surface area (Å²) in [6, 6.07) is 0. The van der Waals surface area contributed by atoms with E-state index in [1.165, 1.54) is 0 Å². The van der Waals surface area contributed by atoms with E-state index in [9.17, 15) is 8.78 Å². The number of allylic oxidation sites excluding steroid dienone is 1. The largest absolute Gasteiger partial charge is 0.266 e. The van der Waals surface area contributed by atoms with Crippen LogP contribution in [0.25, 0.3) is 0 Å². The Morgan fingerprint density at radius 3 is 2.17 bits per heavy atom. The van der Waals surface area contributed by atoms with Crippen LogP contribution in [0.5, 0.6) is 0 Å². The van der Waals surface area contributed by atoms with Gasteiger partial charge in [0.05, 0.1) is 0 Å². The standard InChI is InChI=1S/C9H14F2.CH4.H2/c1-7-2-4-8(5-3-7)6-9(10)11;;/h6-8H,2-5H2,1H3;1H4;1H. The minimum absolute atomic E-state index is 0. The van der Waals surface area contributed by atoms with Crippen LogP contribution in [0.2, 0.25) is 0 Å². The smallest absolute Gasteiger partial charge is 0.174 e. The zero-order chi connectivity index (χ0) is 8.27. The second-order valence-electron chi connectivity index (χ2n) is 3.48. The molecule has 1 aliphatic rings. The fourth-order valence-electron chi connectivity index (χ4n) is 1.63. The van der Waals surface area contributed by atoms with E-state index in [1.54, 1.807) is 0 Å². The fraction of sp³-hybridized carbons (Fsp3) is 0.800. The molecular formula is C10H20F2. The lowest BCUT2D eigenvalue weighted by atomic mass is 9.83. The van der Waals surface area contributed by atoms with E-state index in [4.69, 9.17) is 0 Å². The molecule has 0 amide bonds. The van der Waals surface area contributed by atoms with Gasteiger partial charge in [-0.2, -0.15) is 8.78 Å². The zero-order valence-electron chi connectivity index (χ0n) is 6.82. The first-order chi connectivity index (χ1) is 5.18. The Kier molecular flexibility index (Phi) is 5.11. The topological polar surface area (TPSA) is 0 Å². The van der Waals surface area contributed by atoms with Crippen molar-refractivity contribution in [2.45, 2.75) is 40.0 Å². The van der Waals surface area contributed by atoms with Gasteiger partial charge in [0.2, 0.25) is 0 Å². The van der Waals surface area contributed by atoms with Crippen LogP contribution in [-0.4, -0.2) is 0 Å². The molecule has 0 nitrogen and oxygen atoms in total. The molecule has 74 valence electrons. The summed E-state index contributed by atoms with van der Waals surface area (Å²) in [5, 5.41) is 0. The molecule has 0 aromatic heterocycles. The minimum Gasteiger partial charge on any atom is -0.174 e. The molecule has 1 saturated carbocycles. The molecule has 12 heavy (non-hydrogen) atoms. The van der Waals surface area contributed by atoms with E-state index in [1.807, 2.05) is 0 Å². The summed E-state index contributed by atoms with van der Waals surface area (Å²) >= 11 is 0. The third-order valence-electron chi connectivity index (χ3n) is 2.42. The van der Waals surface area contributed by atoms with Gasteiger partial charge >= 0.3 is 0 Å². The van der Waals surface area contributed by atoms with Crippen molar-refractivity contribution in [1.29, 1.82) is 0 Å². The second kappa shape index (κ2) is 5.28. The lowest BCUT2D eigenvalue weighted by Crippen LogP contribution is -2.10. The molecule has 0 bridgehead atoms. The number of hydrogen-bond donors (Lipinski definition) is 0. The lowest BCUT2D eigenvalue weighted by molar-refractivity contribution is 0.317. The van der Waals surface area contributed by atoms with Gasteiger partial charge in [0.15, 0.2) is 0 Å². The Morgan fingerprint density at radius 2 is 1.75 bits per heavy atom. The Balaban J connectivity index is 0. The van der Waals surface area contributed by atoms with Crippen LogP contribution in [0.3, 0.4) is 0 Å². The number of rotatable bonds is 1. The summed E-state index contributed by atoms with van der Waals surface area (Å²) in [4.78, 5) is 0. The van der Waals surface area contributed by atoms with Crippen LogP contribution in [0, 0.1) is 11.8 Å². The van der Waals surface area contributed by atoms with Gasteiger partial charge in [-0.25, -0.2) is 0 Å². The summed E-state index contributed by atoms with van der Waals surface area (Å²) in [7, 11) is 0. The van der Waals surface area contributed by atoms with Gasteiger partial charge in [-0.05, 0) is 30.8 Å². The van der Waals surface area contributed by atoms with Gasteiger partial charge in [0.25, 0.3) is 6.08 Å². The quantitative estimate of drug-likeness (QED) is 0.555. The molecular weight excluding hydrogens is 158 g/mol. The molecule has 0 atom stereocenters. The molecule has 2 heteroatoms. The maximum Gasteiger partial charge on any atom is 0.266 e. The molecule has 0 aromatic carbocycles.